The van der Waals surface area contributed by atoms with Gasteiger partial charge in [0.2, 0.25) is 0 Å². The topological polar surface area (TPSA) is 63.8 Å². The highest BCUT2D eigenvalue weighted by molar-refractivity contribution is 6.31. The lowest BCUT2D eigenvalue weighted by Gasteiger charge is -2.12. The molecule has 1 aromatic heterocycles. The van der Waals surface area contributed by atoms with Crippen LogP contribution in [0.5, 0.6) is 0 Å². The number of nitrogens with one attached hydrogen (secondary N) is 1. The van der Waals surface area contributed by atoms with Crippen LogP contribution in [-0.4, -0.2) is 9.97 Å². The number of fused-ring (bicyclic) bond motifs is 1. The second-order valence-electron chi connectivity index (χ2n) is 6.12. The molecule has 0 bridgehead atoms. The minimum absolute atomic E-state index is 0.361. The van der Waals surface area contributed by atoms with Gasteiger partial charge in [-0.05, 0) is 41.5 Å². The first-order valence-electron chi connectivity index (χ1n) is 8.40. The molecular weight excluding hydrogens is 379 g/mol. The number of hydrogen-bond donors (Lipinski definition) is 2. The molecule has 0 radical (unpaired) electrons. The Labute approximate surface area is 167 Å². The summed E-state index contributed by atoms with van der Waals surface area (Å²) in [5.41, 5.74) is 10.6. The van der Waals surface area contributed by atoms with Crippen LogP contribution in [0.15, 0.2) is 66.7 Å². The number of nitrogens with two attached hydrogens (primary N) is 1. The minimum Gasteiger partial charge on any atom is -0.381 e. The summed E-state index contributed by atoms with van der Waals surface area (Å²) < 4.78 is 0. The second kappa shape index (κ2) is 7.43. The van der Waals surface area contributed by atoms with E-state index in [1.54, 1.807) is 0 Å². The molecule has 6 heteroatoms. The van der Waals surface area contributed by atoms with Crippen LogP contribution < -0.4 is 11.1 Å². The molecule has 0 amide bonds. The van der Waals surface area contributed by atoms with Gasteiger partial charge in [-0.2, -0.15) is 0 Å². The lowest BCUT2D eigenvalue weighted by atomic mass is 10.0. The normalized spacial score (nSPS) is 10.9. The molecule has 0 fully saturated rings. The number of aromatic nitrogens is 2. The van der Waals surface area contributed by atoms with Crippen LogP contribution in [-0.2, 0) is 6.54 Å². The Morgan fingerprint density at radius 3 is 2.41 bits per heavy atom. The molecule has 3 N–H and O–H groups in total. The van der Waals surface area contributed by atoms with Crippen LogP contribution in [0, 0.1) is 0 Å². The average Bonchev–Trinajstić information content (AvgIpc) is 2.67. The van der Waals surface area contributed by atoms with Crippen molar-refractivity contribution < 1.29 is 0 Å². The maximum absolute atomic E-state index is 6.15. The Morgan fingerprint density at radius 2 is 1.63 bits per heavy atom. The van der Waals surface area contributed by atoms with E-state index in [-0.39, 0.29) is 0 Å². The molecule has 27 heavy (non-hydrogen) atoms. The van der Waals surface area contributed by atoms with Crippen molar-refractivity contribution in [2.45, 2.75) is 6.54 Å². The number of nitrogen functional groups attached to an aromatic ring is 1. The Bertz CT molecular complexity index is 1110. The zero-order chi connectivity index (χ0) is 18.8. The number of benzene rings is 3. The summed E-state index contributed by atoms with van der Waals surface area (Å²) in [6.45, 7) is 0.570. The van der Waals surface area contributed by atoms with Crippen LogP contribution >= 0.6 is 23.2 Å². The number of rotatable bonds is 4. The SMILES string of the molecule is Nc1nc2cccc(-c3cccc(Cl)c3)c2nc1NCc1ccc(Cl)cc1. The highest BCUT2D eigenvalue weighted by Gasteiger charge is 2.11. The number of anilines is 2. The van der Waals surface area contributed by atoms with Gasteiger partial charge >= 0.3 is 0 Å². The zero-order valence-electron chi connectivity index (χ0n) is 14.3. The fourth-order valence-corrected chi connectivity index (χ4v) is 3.21. The fourth-order valence-electron chi connectivity index (χ4n) is 2.90. The minimum atomic E-state index is 0.361. The molecule has 4 aromatic rings. The van der Waals surface area contributed by atoms with Crippen molar-refractivity contribution in [1.29, 1.82) is 0 Å². The molecule has 0 saturated carbocycles. The largest absolute Gasteiger partial charge is 0.381 e. The Hall–Kier alpha value is -2.82. The lowest BCUT2D eigenvalue weighted by Crippen LogP contribution is -2.07. The summed E-state index contributed by atoms with van der Waals surface area (Å²) in [5.74, 6) is 0.909. The zero-order valence-corrected chi connectivity index (χ0v) is 15.8. The molecule has 3 aromatic carbocycles. The molecule has 0 spiro atoms. The van der Waals surface area contributed by atoms with Gasteiger partial charge in [-0.1, -0.05) is 59.6 Å². The Morgan fingerprint density at radius 1 is 0.852 bits per heavy atom. The average molecular weight is 395 g/mol. The Balaban J connectivity index is 1.72. The highest BCUT2D eigenvalue weighted by atomic mass is 35.5. The summed E-state index contributed by atoms with van der Waals surface area (Å²) >= 11 is 12.1. The summed E-state index contributed by atoms with van der Waals surface area (Å²) in [6.07, 6.45) is 0. The van der Waals surface area contributed by atoms with E-state index in [0.29, 0.717) is 28.2 Å². The lowest BCUT2D eigenvalue weighted by molar-refractivity contribution is 1.11. The monoisotopic (exact) mass is 394 g/mol. The van der Waals surface area contributed by atoms with E-state index in [1.165, 1.54) is 0 Å². The van der Waals surface area contributed by atoms with E-state index < -0.39 is 0 Å². The summed E-state index contributed by atoms with van der Waals surface area (Å²) in [4.78, 5) is 9.25. The van der Waals surface area contributed by atoms with Crippen LogP contribution in [0.3, 0.4) is 0 Å². The molecule has 0 aliphatic rings. The van der Waals surface area contributed by atoms with Crippen molar-refractivity contribution in [3.8, 4) is 11.1 Å². The number of nitrogens with zero attached hydrogens (tertiary/aromatic N) is 2. The maximum atomic E-state index is 6.15. The first-order chi connectivity index (χ1) is 13.1. The van der Waals surface area contributed by atoms with Gasteiger partial charge < -0.3 is 11.1 Å². The van der Waals surface area contributed by atoms with Crippen LogP contribution in [0.25, 0.3) is 22.2 Å². The number of para-hydroxylation sites is 1. The van der Waals surface area contributed by atoms with E-state index in [2.05, 4.69) is 10.3 Å². The van der Waals surface area contributed by atoms with Crippen molar-refractivity contribution in [3.05, 3.63) is 82.3 Å². The van der Waals surface area contributed by atoms with Gasteiger partial charge in [0.05, 0.1) is 11.0 Å². The predicted molar refractivity (Wildman–Crippen MR) is 113 cm³/mol. The van der Waals surface area contributed by atoms with Gasteiger partial charge in [-0.3, -0.25) is 0 Å². The first kappa shape index (κ1) is 17.6. The molecule has 4 nitrogen and oxygen atoms in total. The molecule has 0 unspecified atom stereocenters. The van der Waals surface area contributed by atoms with Crippen LogP contribution in [0.4, 0.5) is 11.6 Å². The van der Waals surface area contributed by atoms with E-state index in [1.807, 2.05) is 66.7 Å². The van der Waals surface area contributed by atoms with E-state index in [4.69, 9.17) is 33.9 Å². The third-order valence-electron chi connectivity index (χ3n) is 4.23. The van der Waals surface area contributed by atoms with Gasteiger partial charge in [0.15, 0.2) is 11.6 Å². The molecule has 0 aliphatic heterocycles. The second-order valence-corrected chi connectivity index (χ2v) is 6.99. The maximum Gasteiger partial charge on any atom is 0.169 e. The summed E-state index contributed by atoms with van der Waals surface area (Å²) in [7, 11) is 0. The molecule has 0 atom stereocenters. The van der Waals surface area contributed by atoms with Gasteiger partial charge in [-0.15, -0.1) is 0 Å². The summed E-state index contributed by atoms with van der Waals surface area (Å²) in [6, 6.07) is 21.1. The third kappa shape index (κ3) is 3.82. The van der Waals surface area contributed by atoms with E-state index in [9.17, 15) is 0 Å². The number of halogens is 2. The quantitative estimate of drug-likeness (QED) is 0.459. The molecule has 4 rings (SSSR count). The molecular formula is C21H16Cl2N4. The standard InChI is InChI=1S/C21H16Cl2N4/c22-15-9-7-13(8-10-15)12-25-21-20(24)26-18-6-2-5-17(19(18)27-21)14-3-1-4-16(23)11-14/h1-11H,12H2,(H2,24,26)(H,25,27). The predicted octanol–water partition coefficient (Wildman–Crippen LogP) is 5.80. The van der Waals surface area contributed by atoms with Crippen LogP contribution in [0.2, 0.25) is 10.0 Å². The van der Waals surface area contributed by atoms with Crippen molar-refractivity contribution in [2.24, 2.45) is 0 Å². The van der Waals surface area contributed by atoms with Gasteiger partial charge in [0.25, 0.3) is 0 Å². The van der Waals surface area contributed by atoms with Gasteiger partial charge in [0.1, 0.15) is 0 Å². The van der Waals surface area contributed by atoms with Gasteiger partial charge in [0, 0.05) is 22.2 Å². The van der Waals surface area contributed by atoms with Crippen molar-refractivity contribution >= 4 is 45.9 Å². The molecule has 0 saturated heterocycles. The van der Waals surface area contributed by atoms with E-state index >= 15 is 0 Å². The molecule has 0 aliphatic carbocycles. The van der Waals surface area contributed by atoms with Crippen molar-refractivity contribution in [1.82, 2.24) is 9.97 Å². The van der Waals surface area contributed by atoms with Crippen LogP contribution in [0.1, 0.15) is 5.56 Å². The third-order valence-corrected chi connectivity index (χ3v) is 4.72. The number of hydrogen-bond acceptors (Lipinski definition) is 4. The summed E-state index contributed by atoms with van der Waals surface area (Å²) in [5, 5.41) is 4.64. The first-order valence-corrected chi connectivity index (χ1v) is 9.16. The van der Waals surface area contributed by atoms with E-state index in [0.717, 1.165) is 27.7 Å². The van der Waals surface area contributed by atoms with Gasteiger partial charge in [-0.25, -0.2) is 9.97 Å². The smallest absolute Gasteiger partial charge is 0.169 e. The molecule has 1 heterocycles. The Kier molecular flexibility index (Phi) is 4.84. The molecule has 134 valence electrons. The van der Waals surface area contributed by atoms with Crippen molar-refractivity contribution in [3.63, 3.8) is 0 Å². The highest BCUT2D eigenvalue weighted by Crippen LogP contribution is 2.30. The fraction of sp³-hybridized carbons (Fsp3) is 0.0476. The van der Waals surface area contributed by atoms with Crippen molar-refractivity contribution in [2.75, 3.05) is 11.1 Å².